The van der Waals surface area contributed by atoms with E-state index in [0.29, 0.717) is 29.4 Å². The standard InChI is InChI=1S/C17H17ClN2O2.ClH/c18-17-15(16(21)13-4-2-1-3-5-13)8-14(10-20-17)22-11-12-6-7-19-9-12;/h1-5,8,10,12,19H,6-7,9,11H2;1H/t12-;/m0./s1. The fraction of sp³-hybridized carbons (Fsp3) is 0.294. The Labute approximate surface area is 146 Å². The van der Waals surface area contributed by atoms with Crippen LogP contribution in [0.3, 0.4) is 0 Å². The van der Waals surface area contributed by atoms with Crippen molar-refractivity contribution in [1.29, 1.82) is 0 Å². The maximum Gasteiger partial charge on any atom is 0.196 e. The van der Waals surface area contributed by atoms with Crippen LogP contribution < -0.4 is 10.1 Å². The summed E-state index contributed by atoms with van der Waals surface area (Å²) in [6.07, 6.45) is 2.67. The summed E-state index contributed by atoms with van der Waals surface area (Å²) in [5.41, 5.74) is 0.957. The van der Waals surface area contributed by atoms with Crippen molar-refractivity contribution in [3.8, 4) is 5.75 Å². The Kier molecular flexibility index (Phi) is 6.39. The average molecular weight is 353 g/mol. The van der Waals surface area contributed by atoms with E-state index in [1.165, 1.54) is 0 Å². The molecule has 1 aromatic carbocycles. The van der Waals surface area contributed by atoms with Gasteiger partial charge in [-0.15, -0.1) is 12.4 Å². The average Bonchev–Trinajstić information content (AvgIpc) is 3.08. The summed E-state index contributed by atoms with van der Waals surface area (Å²) in [5, 5.41) is 3.50. The van der Waals surface area contributed by atoms with Crippen LogP contribution in [0.5, 0.6) is 5.75 Å². The number of rotatable bonds is 5. The van der Waals surface area contributed by atoms with Gasteiger partial charge in [-0.05, 0) is 19.0 Å². The van der Waals surface area contributed by atoms with E-state index in [2.05, 4.69) is 10.3 Å². The molecule has 0 aliphatic carbocycles. The Hall–Kier alpha value is -1.62. The molecule has 3 rings (SSSR count). The fourth-order valence-electron chi connectivity index (χ4n) is 2.48. The molecule has 0 saturated carbocycles. The molecule has 1 aliphatic heterocycles. The SMILES string of the molecule is Cl.O=C(c1ccccc1)c1cc(OC[C@H]2CCNC2)cnc1Cl. The van der Waals surface area contributed by atoms with Crippen LogP contribution in [0.15, 0.2) is 42.6 Å². The lowest BCUT2D eigenvalue weighted by atomic mass is 10.1. The zero-order valence-corrected chi connectivity index (χ0v) is 14.1. The molecular formula is C17H18Cl2N2O2. The van der Waals surface area contributed by atoms with E-state index < -0.39 is 0 Å². The van der Waals surface area contributed by atoms with Crippen molar-refractivity contribution >= 4 is 29.8 Å². The van der Waals surface area contributed by atoms with Crippen LogP contribution in [0.1, 0.15) is 22.3 Å². The highest BCUT2D eigenvalue weighted by atomic mass is 35.5. The highest BCUT2D eigenvalue weighted by Gasteiger charge is 2.17. The Bertz CT molecular complexity index is 659. The molecule has 1 fully saturated rings. The van der Waals surface area contributed by atoms with Crippen LogP contribution in [-0.2, 0) is 0 Å². The van der Waals surface area contributed by atoms with Crippen molar-refractivity contribution < 1.29 is 9.53 Å². The number of carbonyl (C=O) groups is 1. The number of carbonyl (C=O) groups excluding carboxylic acids is 1. The Morgan fingerprint density at radius 3 is 2.83 bits per heavy atom. The number of nitrogens with zero attached hydrogens (tertiary/aromatic N) is 1. The molecule has 1 atom stereocenters. The molecule has 1 aromatic heterocycles. The molecule has 23 heavy (non-hydrogen) atoms. The minimum absolute atomic E-state index is 0. The Balaban J connectivity index is 0.00000192. The Morgan fingerprint density at radius 2 is 2.13 bits per heavy atom. The number of benzene rings is 1. The van der Waals surface area contributed by atoms with Crippen molar-refractivity contribution in [2.75, 3.05) is 19.7 Å². The quantitative estimate of drug-likeness (QED) is 0.661. The number of halogens is 2. The third-order valence-corrected chi connectivity index (χ3v) is 4.04. The molecule has 6 heteroatoms. The topological polar surface area (TPSA) is 51.2 Å². The summed E-state index contributed by atoms with van der Waals surface area (Å²) < 4.78 is 5.76. The van der Waals surface area contributed by atoms with E-state index in [0.717, 1.165) is 19.5 Å². The van der Waals surface area contributed by atoms with Gasteiger partial charge in [0.15, 0.2) is 5.78 Å². The molecule has 4 nitrogen and oxygen atoms in total. The van der Waals surface area contributed by atoms with Gasteiger partial charge in [0.05, 0.1) is 18.4 Å². The second-order valence-electron chi connectivity index (χ2n) is 5.37. The second-order valence-corrected chi connectivity index (χ2v) is 5.73. The molecule has 1 aliphatic rings. The van der Waals surface area contributed by atoms with Gasteiger partial charge in [0.2, 0.25) is 0 Å². The van der Waals surface area contributed by atoms with Crippen LogP contribution in [0, 0.1) is 5.92 Å². The lowest BCUT2D eigenvalue weighted by Crippen LogP contribution is -2.15. The first-order valence-electron chi connectivity index (χ1n) is 7.33. The third-order valence-electron chi connectivity index (χ3n) is 3.74. The monoisotopic (exact) mass is 352 g/mol. The molecule has 0 unspecified atom stereocenters. The normalized spacial score (nSPS) is 16.7. The predicted molar refractivity (Wildman–Crippen MR) is 92.8 cm³/mol. The number of hydrogen-bond acceptors (Lipinski definition) is 4. The number of pyridine rings is 1. The van der Waals surface area contributed by atoms with Crippen LogP contribution in [0.4, 0.5) is 0 Å². The molecule has 2 aromatic rings. The summed E-state index contributed by atoms with van der Waals surface area (Å²) in [6.45, 7) is 2.62. The van der Waals surface area contributed by atoms with Gasteiger partial charge in [0.25, 0.3) is 0 Å². The van der Waals surface area contributed by atoms with Crippen molar-refractivity contribution in [2.45, 2.75) is 6.42 Å². The third kappa shape index (κ3) is 4.44. The predicted octanol–water partition coefficient (Wildman–Crippen LogP) is 3.38. The summed E-state index contributed by atoms with van der Waals surface area (Å²) in [6, 6.07) is 10.7. The maximum absolute atomic E-state index is 12.5. The molecule has 1 saturated heterocycles. The largest absolute Gasteiger partial charge is 0.492 e. The van der Waals surface area contributed by atoms with Crippen LogP contribution >= 0.6 is 24.0 Å². The van der Waals surface area contributed by atoms with Gasteiger partial charge in [-0.3, -0.25) is 4.79 Å². The summed E-state index contributed by atoms with van der Waals surface area (Å²) in [7, 11) is 0. The summed E-state index contributed by atoms with van der Waals surface area (Å²) in [5.74, 6) is 0.936. The maximum atomic E-state index is 12.5. The second kappa shape index (κ2) is 8.29. The van der Waals surface area contributed by atoms with Crippen molar-refractivity contribution in [3.05, 3.63) is 58.9 Å². The van der Waals surface area contributed by atoms with E-state index in [1.807, 2.05) is 18.2 Å². The van der Waals surface area contributed by atoms with Crippen molar-refractivity contribution in [2.24, 2.45) is 5.92 Å². The molecular weight excluding hydrogens is 335 g/mol. The van der Waals surface area contributed by atoms with Gasteiger partial charge in [-0.25, -0.2) is 4.98 Å². The number of hydrogen-bond donors (Lipinski definition) is 1. The molecule has 122 valence electrons. The van der Waals surface area contributed by atoms with Gasteiger partial charge in [0, 0.05) is 18.0 Å². The lowest BCUT2D eigenvalue weighted by Gasteiger charge is -2.12. The van der Waals surface area contributed by atoms with Crippen molar-refractivity contribution in [3.63, 3.8) is 0 Å². The molecule has 1 N–H and O–H groups in total. The first-order valence-corrected chi connectivity index (χ1v) is 7.70. The molecule has 0 spiro atoms. The summed E-state index contributed by atoms with van der Waals surface area (Å²) in [4.78, 5) is 16.6. The highest BCUT2D eigenvalue weighted by Crippen LogP contribution is 2.23. The van der Waals surface area contributed by atoms with Crippen LogP contribution in [0.2, 0.25) is 5.15 Å². The summed E-state index contributed by atoms with van der Waals surface area (Å²) >= 11 is 6.07. The van der Waals surface area contributed by atoms with Gasteiger partial charge in [-0.1, -0.05) is 41.9 Å². The van der Waals surface area contributed by atoms with Crippen LogP contribution in [-0.4, -0.2) is 30.5 Å². The molecule has 2 heterocycles. The van der Waals surface area contributed by atoms with E-state index in [-0.39, 0.29) is 23.3 Å². The molecule has 0 radical (unpaired) electrons. The van der Waals surface area contributed by atoms with Crippen LogP contribution in [0.25, 0.3) is 0 Å². The van der Waals surface area contributed by atoms with E-state index in [4.69, 9.17) is 16.3 Å². The smallest absolute Gasteiger partial charge is 0.196 e. The Morgan fingerprint density at radius 1 is 1.35 bits per heavy atom. The van der Waals surface area contributed by atoms with Gasteiger partial charge < -0.3 is 10.1 Å². The van der Waals surface area contributed by atoms with Gasteiger partial charge in [0.1, 0.15) is 10.9 Å². The number of aromatic nitrogens is 1. The van der Waals surface area contributed by atoms with E-state index in [9.17, 15) is 4.79 Å². The number of ketones is 1. The van der Waals surface area contributed by atoms with Crippen molar-refractivity contribution in [1.82, 2.24) is 10.3 Å². The first-order chi connectivity index (χ1) is 10.7. The number of nitrogens with one attached hydrogen (secondary N) is 1. The zero-order valence-electron chi connectivity index (χ0n) is 12.5. The first kappa shape index (κ1) is 17.7. The van der Waals surface area contributed by atoms with E-state index >= 15 is 0 Å². The minimum atomic E-state index is -0.147. The fourth-order valence-corrected chi connectivity index (χ4v) is 2.67. The van der Waals surface area contributed by atoms with E-state index in [1.54, 1.807) is 24.4 Å². The zero-order chi connectivity index (χ0) is 15.4. The molecule has 0 amide bonds. The minimum Gasteiger partial charge on any atom is -0.492 e. The van der Waals surface area contributed by atoms with Gasteiger partial charge >= 0.3 is 0 Å². The van der Waals surface area contributed by atoms with Gasteiger partial charge in [-0.2, -0.15) is 0 Å². The highest BCUT2D eigenvalue weighted by molar-refractivity contribution is 6.33. The lowest BCUT2D eigenvalue weighted by molar-refractivity contribution is 0.103. The molecule has 0 bridgehead atoms. The number of ether oxygens (including phenoxy) is 1.